The third-order valence-corrected chi connectivity index (χ3v) is 4.37. The zero-order valence-electron chi connectivity index (χ0n) is 12.0. The first-order valence-corrected chi connectivity index (χ1v) is 7.92. The maximum Gasteiger partial charge on any atom is 0.265 e. The molecule has 4 nitrogen and oxygen atoms in total. The Hall–Kier alpha value is -0.940. The molecule has 1 aliphatic rings. The summed E-state index contributed by atoms with van der Waals surface area (Å²) in [7, 11) is 0. The van der Waals surface area contributed by atoms with Gasteiger partial charge in [-0.15, -0.1) is 11.3 Å². The number of thiazole rings is 1. The molecular weight excluding hydrogens is 258 g/mol. The predicted molar refractivity (Wildman–Crippen MR) is 78.8 cm³/mol. The number of aryl methyl sites for hydroxylation is 1. The van der Waals surface area contributed by atoms with Gasteiger partial charge in [0.15, 0.2) is 0 Å². The zero-order valence-corrected chi connectivity index (χ0v) is 12.8. The van der Waals surface area contributed by atoms with E-state index in [4.69, 9.17) is 0 Å². The Morgan fingerprint density at radius 2 is 2.11 bits per heavy atom. The van der Waals surface area contributed by atoms with Crippen LogP contribution in [0.5, 0.6) is 0 Å². The van der Waals surface area contributed by atoms with E-state index in [1.165, 1.54) is 0 Å². The Labute approximate surface area is 119 Å². The van der Waals surface area contributed by atoms with Gasteiger partial charge in [0, 0.05) is 32.6 Å². The molecule has 2 heterocycles. The first kappa shape index (κ1) is 14.5. The van der Waals surface area contributed by atoms with Gasteiger partial charge in [-0.3, -0.25) is 4.79 Å². The van der Waals surface area contributed by atoms with E-state index in [9.17, 15) is 4.79 Å². The second kappa shape index (κ2) is 6.48. The quantitative estimate of drug-likeness (QED) is 0.917. The molecule has 0 spiro atoms. The van der Waals surface area contributed by atoms with Crippen LogP contribution in [0.25, 0.3) is 0 Å². The molecule has 0 saturated carbocycles. The van der Waals surface area contributed by atoms with Crippen molar-refractivity contribution in [3.63, 3.8) is 0 Å². The Morgan fingerprint density at radius 3 is 2.68 bits per heavy atom. The topological polar surface area (TPSA) is 45.2 Å². The van der Waals surface area contributed by atoms with Gasteiger partial charge in [-0.2, -0.15) is 0 Å². The summed E-state index contributed by atoms with van der Waals surface area (Å²) in [6.45, 7) is 9.84. The Balaban J connectivity index is 2.17. The molecule has 0 atom stereocenters. The smallest absolute Gasteiger partial charge is 0.265 e. The van der Waals surface area contributed by atoms with Gasteiger partial charge in [-0.1, -0.05) is 20.8 Å². The summed E-state index contributed by atoms with van der Waals surface area (Å²) in [6, 6.07) is 0. The fourth-order valence-electron chi connectivity index (χ4n) is 2.26. The van der Waals surface area contributed by atoms with E-state index in [2.05, 4.69) is 31.1 Å². The third-order valence-electron chi connectivity index (χ3n) is 3.26. The zero-order chi connectivity index (χ0) is 13.8. The molecule has 0 bridgehead atoms. The lowest BCUT2D eigenvalue weighted by Crippen LogP contribution is -2.46. The molecule has 1 aromatic heterocycles. The van der Waals surface area contributed by atoms with Gasteiger partial charge in [0.05, 0.1) is 10.7 Å². The first-order valence-electron chi connectivity index (χ1n) is 7.10. The maximum absolute atomic E-state index is 12.5. The predicted octanol–water partition coefficient (Wildman–Crippen LogP) is 1.95. The minimum Gasteiger partial charge on any atom is -0.335 e. The highest BCUT2D eigenvalue weighted by Gasteiger charge is 2.23. The maximum atomic E-state index is 12.5. The van der Waals surface area contributed by atoms with E-state index in [1.54, 1.807) is 11.3 Å². The second-order valence-electron chi connectivity index (χ2n) is 5.38. The highest BCUT2D eigenvalue weighted by molar-refractivity contribution is 7.13. The van der Waals surface area contributed by atoms with Crippen molar-refractivity contribution in [2.45, 2.75) is 33.6 Å². The van der Waals surface area contributed by atoms with Gasteiger partial charge in [-0.25, -0.2) is 4.98 Å². The van der Waals surface area contributed by atoms with Gasteiger partial charge >= 0.3 is 0 Å². The van der Waals surface area contributed by atoms with Crippen LogP contribution in [0, 0.1) is 5.92 Å². The monoisotopic (exact) mass is 281 g/mol. The lowest BCUT2D eigenvalue weighted by molar-refractivity contribution is 0.0739. The normalized spacial score (nSPS) is 16.1. The molecule has 1 saturated heterocycles. The Kier molecular flexibility index (Phi) is 4.93. The Bertz CT molecular complexity index is 436. The van der Waals surface area contributed by atoms with Crippen molar-refractivity contribution in [3.8, 4) is 0 Å². The number of nitrogens with zero attached hydrogens (tertiary/aromatic N) is 2. The van der Waals surface area contributed by atoms with Crippen LogP contribution in [0.15, 0.2) is 0 Å². The van der Waals surface area contributed by atoms with Crippen LogP contribution in [0.1, 0.15) is 41.1 Å². The molecule has 0 radical (unpaired) electrons. The standard InChI is InChI=1S/C14H23N3OS/c1-4-11-13(19-12(16-11)9-10(2)3)14(18)17-7-5-15-6-8-17/h10,15H,4-9H2,1-3H3. The van der Waals surface area contributed by atoms with Crippen LogP contribution in [0.3, 0.4) is 0 Å². The number of nitrogens with one attached hydrogen (secondary N) is 1. The van der Waals surface area contributed by atoms with E-state index < -0.39 is 0 Å². The number of carbonyl (C=O) groups is 1. The average Bonchev–Trinajstić information content (AvgIpc) is 2.81. The lowest BCUT2D eigenvalue weighted by Gasteiger charge is -2.27. The van der Waals surface area contributed by atoms with Crippen molar-refractivity contribution in [2.24, 2.45) is 5.92 Å². The fraction of sp³-hybridized carbons (Fsp3) is 0.714. The summed E-state index contributed by atoms with van der Waals surface area (Å²) in [4.78, 5) is 20.0. The number of carbonyl (C=O) groups excluding carboxylic acids is 1. The van der Waals surface area contributed by atoms with Gasteiger partial charge < -0.3 is 10.2 Å². The molecule has 1 N–H and O–H groups in total. The molecule has 0 aliphatic carbocycles. The molecule has 1 aliphatic heterocycles. The lowest BCUT2D eigenvalue weighted by atomic mass is 10.1. The van der Waals surface area contributed by atoms with E-state index in [-0.39, 0.29) is 5.91 Å². The van der Waals surface area contributed by atoms with Crippen molar-refractivity contribution in [2.75, 3.05) is 26.2 Å². The second-order valence-corrected chi connectivity index (χ2v) is 6.46. The molecule has 0 aromatic carbocycles. The minimum absolute atomic E-state index is 0.172. The molecule has 106 valence electrons. The van der Waals surface area contributed by atoms with E-state index in [0.29, 0.717) is 5.92 Å². The molecule has 1 amide bonds. The van der Waals surface area contributed by atoms with Gasteiger partial charge in [-0.05, 0) is 12.3 Å². The number of rotatable bonds is 4. The summed E-state index contributed by atoms with van der Waals surface area (Å²) in [5, 5.41) is 4.38. The Morgan fingerprint density at radius 1 is 1.42 bits per heavy atom. The number of aromatic nitrogens is 1. The van der Waals surface area contributed by atoms with Crippen molar-refractivity contribution >= 4 is 17.2 Å². The van der Waals surface area contributed by atoms with Gasteiger partial charge in [0.1, 0.15) is 4.88 Å². The van der Waals surface area contributed by atoms with Crippen LogP contribution in [0.4, 0.5) is 0 Å². The highest BCUT2D eigenvalue weighted by atomic mass is 32.1. The average molecular weight is 281 g/mol. The van der Waals surface area contributed by atoms with Crippen LogP contribution in [-0.4, -0.2) is 42.0 Å². The number of hydrogen-bond donors (Lipinski definition) is 1. The van der Waals surface area contributed by atoms with E-state index in [1.807, 2.05) is 4.90 Å². The van der Waals surface area contributed by atoms with Gasteiger partial charge in [0.25, 0.3) is 5.91 Å². The number of piperazine rings is 1. The van der Waals surface area contributed by atoms with Crippen molar-refractivity contribution in [1.29, 1.82) is 0 Å². The third kappa shape index (κ3) is 3.54. The number of amides is 1. The summed E-state index contributed by atoms with van der Waals surface area (Å²) >= 11 is 1.59. The van der Waals surface area contributed by atoms with Gasteiger partial charge in [0.2, 0.25) is 0 Å². The SMILES string of the molecule is CCc1nc(CC(C)C)sc1C(=O)N1CCNCC1. The molecular formula is C14H23N3OS. The first-order chi connectivity index (χ1) is 9.11. The largest absolute Gasteiger partial charge is 0.335 e. The summed E-state index contributed by atoms with van der Waals surface area (Å²) in [5.41, 5.74) is 0.976. The highest BCUT2D eigenvalue weighted by Crippen LogP contribution is 2.23. The van der Waals surface area contributed by atoms with Crippen LogP contribution < -0.4 is 5.32 Å². The van der Waals surface area contributed by atoms with Crippen LogP contribution in [0.2, 0.25) is 0 Å². The molecule has 1 aromatic rings. The fourth-order valence-corrected chi connectivity index (χ4v) is 3.59. The number of hydrogen-bond acceptors (Lipinski definition) is 4. The summed E-state index contributed by atoms with van der Waals surface area (Å²) in [5.74, 6) is 0.754. The molecule has 5 heteroatoms. The molecule has 2 rings (SSSR count). The minimum atomic E-state index is 0.172. The summed E-state index contributed by atoms with van der Waals surface area (Å²) < 4.78 is 0. The van der Waals surface area contributed by atoms with Crippen LogP contribution >= 0.6 is 11.3 Å². The summed E-state index contributed by atoms with van der Waals surface area (Å²) in [6.07, 6.45) is 1.80. The van der Waals surface area contributed by atoms with Crippen molar-refractivity contribution in [1.82, 2.24) is 15.2 Å². The molecule has 19 heavy (non-hydrogen) atoms. The molecule has 0 unspecified atom stereocenters. The molecule has 1 fully saturated rings. The van der Waals surface area contributed by atoms with Crippen molar-refractivity contribution in [3.05, 3.63) is 15.6 Å². The van der Waals surface area contributed by atoms with E-state index in [0.717, 1.165) is 54.6 Å². The van der Waals surface area contributed by atoms with Crippen molar-refractivity contribution < 1.29 is 4.79 Å². The van der Waals surface area contributed by atoms with E-state index >= 15 is 0 Å². The van der Waals surface area contributed by atoms with Crippen LogP contribution in [-0.2, 0) is 12.8 Å².